The fourth-order valence-electron chi connectivity index (χ4n) is 2.75. The number of rotatable bonds is 7. The maximum Gasteiger partial charge on any atom is 0.292 e. The van der Waals surface area contributed by atoms with Gasteiger partial charge in [-0.15, -0.1) is 0 Å². The van der Waals surface area contributed by atoms with Gasteiger partial charge in [-0.3, -0.25) is 10.1 Å². The van der Waals surface area contributed by atoms with Crippen LogP contribution in [0.5, 0.6) is 0 Å². The standard InChI is InChI=1S/C20H17N5O3/c21-24-23-18-9-10-19(20(11-18)25(27)28)22-12-14-1-5-16(6-2-14)17-7-3-15(13-26)4-8-17/h1-11,22,26H,12-13H2. The van der Waals surface area contributed by atoms with Gasteiger partial charge in [0.1, 0.15) is 5.69 Å². The van der Waals surface area contributed by atoms with E-state index >= 15 is 0 Å². The zero-order valence-electron chi connectivity index (χ0n) is 14.8. The van der Waals surface area contributed by atoms with E-state index in [1.54, 1.807) is 0 Å². The molecule has 8 nitrogen and oxygen atoms in total. The van der Waals surface area contributed by atoms with Crippen molar-refractivity contribution < 1.29 is 10.0 Å². The molecule has 0 fully saturated rings. The lowest BCUT2D eigenvalue weighted by molar-refractivity contribution is -0.383. The van der Waals surface area contributed by atoms with Crippen molar-refractivity contribution in [3.8, 4) is 11.1 Å². The van der Waals surface area contributed by atoms with Crippen LogP contribution in [0.15, 0.2) is 71.8 Å². The van der Waals surface area contributed by atoms with Gasteiger partial charge in [-0.25, -0.2) is 0 Å². The van der Waals surface area contributed by atoms with Crippen LogP contribution in [0.4, 0.5) is 17.1 Å². The van der Waals surface area contributed by atoms with Crippen molar-refractivity contribution in [2.24, 2.45) is 5.11 Å². The summed E-state index contributed by atoms with van der Waals surface area (Å²) in [5, 5.41) is 26.8. The molecule has 0 aromatic heterocycles. The van der Waals surface area contributed by atoms with Crippen molar-refractivity contribution >= 4 is 17.1 Å². The number of nitrogens with zero attached hydrogens (tertiary/aromatic N) is 4. The quantitative estimate of drug-likeness (QED) is 0.191. The third-order valence-corrected chi connectivity index (χ3v) is 4.24. The van der Waals surface area contributed by atoms with Gasteiger partial charge in [0.25, 0.3) is 5.69 Å². The van der Waals surface area contributed by atoms with Crippen LogP contribution in [0, 0.1) is 10.1 Å². The lowest BCUT2D eigenvalue weighted by Gasteiger charge is -2.09. The highest BCUT2D eigenvalue weighted by atomic mass is 16.6. The molecule has 2 N–H and O–H groups in total. The van der Waals surface area contributed by atoms with Gasteiger partial charge in [0, 0.05) is 23.2 Å². The Morgan fingerprint density at radius 2 is 1.61 bits per heavy atom. The number of nitrogens with one attached hydrogen (secondary N) is 1. The molecule has 0 radical (unpaired) electrons. The van der Waals surface area contributed by atoms with Crippen molar-refractivity contribution in [3.63, 3.8) is 0 Å². The Labute approximate surface area is 160 Å². The van der Waals surface area contributed by atoms with Crippen molar-refractivity contribution in [1.29, 1.82) is 0 Å². The van der Waals surface area contributed by atoms with Gasteiger partial charge in [0.2, 0.25) is 0 Å². The maximum atomic E-state index is 11.3. The average molecular weight is 375 g/mol. The Balaban J connectivity index is 1.72. The molecule has 0 amide bonds. The van der Waals surface area contributed by atoms with Crippen LogP contribution in [0.3, 0.4) is 0 Å². The molecule has 0 aliphatic rings. The number of aliphatic hydroxyl groups excluding tert-OH is 1. The van der Waals surface area contributed by atoms with Crippen molar-refractivity contribution in [2.45, 2.75) is 13.2 Å². The average Bonchev–Trinajstić information content (AvgIpc) is 2.73. The first-order chi connectivity index (χ1) is 13.6. The number of hydrogen-bond acceptors (Lipinski definition) is 5. The second-order valence-corrected chi connectivity index (χ2v) is 6.05. The molecule has 0 atom stereocenters. The van der Waals surface area contributed by atoms with Gasteiger partial charge in [0.15, 0.2) is 0 Å². The first kappa shape index (κ1) is 18.9. The van der Waals surface area contributed by atoms with Crippen LogP contribution in [-0.2, 0) is 13.2 Å². The summed E-state index contributed by atoms with van der Waals surface area (Å²) in [4.78, 5) is 13.4. The zero-order valence-corrected chi connectivity index (χ0v) is 14.8. The lowest BCUT2D eigenvalue weighted by Crippen LogP contribution is -2.02. The monoisotopic (exact) mass is 375 g/mol. The molecule has 3 aromatic rings. The van der Waals surface area contributed by atoms with E-state index in [-0.39, 0.29) is 18.0 Å². The molecule has 0 bridgehead atoms. The van der Waals surface area contributed by atoms with E-state index in [0.717, 1.165) is 22.3 Å². The van der Waals surface area contributed by atoms with Crippen LogP contribution in [-0.4, -0.2) is 10.0 Å². The predicted octanol–water partition coefficient (Wildman–Crippen LogP) is 5.31. The minimum Gasteiger partial charge on any atom is -0.392 e. The Hall–Kier alpha value is -3.87. The Morgan fingerprint density at radius 1 is 1.00 bits per heavy atom. The summed E-state index contributed by atoms with van der Waals surface area (Å²) in [6.45, 7) is 0.423. The molecule has 0 unspecified atom stereocenters. The Bertz CT molecular complexity index is 1030. The second-order valence-electron chi connectivity index (χ2n) is 6.05. The molecule has 3 rings (SSSR count). The summed E-state index contributed by atoms with van der Waals surface area (Å²) in [6, 6.07) is 19.8. The smallest absolute Gasteiger partial charge is 0.292 e. The van der Waals surface area contributed by atoms with E-state index in [2.05, 4.69) is 15.3 Å². The number of aliphatic hydroxyl groups is 1. The van der Waals surface area contributed by atoms with Crippen LogP contribution in [0.25, 0.3) is 21.6 Å². The predicted molar refractivity (Wildman–Crippen MR) is 107 cm³/mol. The highest BCUT2D eigenvalue weighted by Gasteiger charge is 2.14. The molecule has 0 saturated heterocycles. The molecule has 140 valence electrons. The van der Waals surface area contributed by atoms with Crippen molar-refractivity contribution in [2.75, 3.05) is 5.32 Å². The van der Waals surface area contributed by atoms with Crippen molar-refractivity contribution in [3.05, 3.63) is 98.4 Å². The third-order valence-electron chi connectivity index (χ3n) is 4.24. The van der Waals surface area contributed by atoms with Gasteiger partial charge in [-0.2, -0.15) is 0 Å². The summed E-state index contributed by atoms with van der Waals surface area (Å²) >= 11 is 0. The van der Waals surface area contributed by atoms with Crippen molar-refractivity contribution in [1.82, 2.24) is 0 Å². The third kappa shape index (κ3) is 4.45. The normalized spacial score (nSPS) is 10.2. The molecule has 0 aliphatic heterocycles. The first-order valence-electron chi connectivity index (χ1n) is 8.47. The topological polar surface area (TPSA) is 124 Å². The number of nitro benzene ring substituents is 1. The van der Waals surface area contributed by atoms with E-state index in [4.69, 9.17) is 10.6 Å². The molecule has 0 aliphatic carbocycles. The summed E-state index contributed by atoms with van der Waals surface area (Å²) < 4.78 is 0. The number of anilines is 1. The molecule has 0 heterocycles. The largest absolute Gasteiger partial charge is 0.392 e. The van der Waals surface area contributed by atoms with Gasteiger partial charge in [-0.05, 0) is 33.9 Å². The number of azide groups is 1. The molecule has 0 spiro atoms. The van der Waals surface area contributed by atoms with E-state index in [9.17, 15) is 10.1 Å². The van der Waals surface area contributed by atoms with Gasteiger partial charge in [-0.1, -0.05) is 59.7 Å². The molecular weight excluding hydrogens is 358 g/mol. The number of nitro groups is 1. The number of benzene rings is 3. The SMILES string of the molecule is [N-]=[N+]=Nc1ccc(NCc2ccc(-c3ccc(CO)cc3)cc2)c([N+](=O)[O-])c1. The first-order valence-corrected chi connectivity index (χ1v) is 8.47. The summed E-state index contributed by atoms with van der Waals surface area (Å²) in [7, 11) is 0. The lowest BCUT2D eigenvalue weighted by atomic mass is 10.0. The zero-order chi connectivity index (χ0) is 19.9. The molecule has 28 heavy (non-hydrogen) atoms. The summed E-state index contributed by atoms with van der Waals surface area (Å²) in [5.41, 5.74) is 12.8. The molecule has 8 heteroatoms. The fraction of sp³-hybridized carbons (Fsp3) is 0.100. The van der Waals surface area contributed by atoms with Gasteiger partial charge in [0.05, 0.1) is 11.5 Å². The molecule has 0 saturated carbocycles. The van der Waals surface area contributed by atoms with Gasteiger partial charge < -0.3 is 10.4 Å². The van der Waals surface area contributed by atoms with Gasteiger partial charge >= 0.3 is 0 Å². The fourth-order valence-corrected chi connectivity index (χ4v) is 2.75. The Kier molecular flexibility index (Phi) is 5.86. The highest BCUT2D eigenvalue weighted by molar-refractivity contribution is 5.67. The minimum absolute atomic E-state index is 0.0147. The van der Waals surface area contributed by atoms with Crippen LogP contribution in [0.2, 0.25) is 0 Å². The van der Waals surface area contributed by atoms with E-state index in [1.807, 2.05) is 48.5 Å². The van der Waals surface area contributed by atoms with E-state index in [0.29, 0.717) is 12.2 Å². The maximum absolute atomic E-state index is 11.3. The van der Waals surface area contributed by atoms with E-state index < -0.39 is 4.92 Å². The van der Waals surface area contributed by atoms with E-state index in [1.165, 1.54) is 18.2 Å². The molecule has 3 aromatic carbocycles. The minimum atomic E-state index is -0.516. The highest BCUT2D eigenvalue weighted by Crippen LogP contribution is 2.30. The molecular formula is C20H17N5O3. The number of hydrogen-bond donors (Lipinski definition) is 2. The summed E-state index contributed by atoms with van der Waals surface area (Å²) in [6.07, 6.45) is 0. The summed E-state index contributed by atoms with van der Waals surface area (Å²) in [5.74, 6) is 0. The Morgan fingerprint density at radius 3 is 2.14 bits per heavy atom. The van der Waals surface area contributed by atoms with Crippen LogP contribution >= 0.6 is 0 Å². The van der Waals surface area contributed by atoms with Crippen LogP contribution < -0.4 is 5.32 Å². The second kappa shape index (κ2) is 8.68. The van der Waals surface area contributed by atoms with Crippen LogP contribution in [0.1, 0.15) is 11.1 Å².